The number of rotatable bonds is 5. The highest BCUT2D eigenvalue weighted by Gasteiger charge is 2.21. The highest BCUT2D eigenvalue weighted by Crippen LogP contribution is 2.36. The molecule has 3 heterocycles. The van der Waals surface area contributed by atoms with Crippen LogP contribution in [0.15, 0.2) is 84.1 Å². The van der Waals surface area contributed by atoms with E-state index in [1.807, 2.05) is 36.7 Å². The maximum atomic E-state index is 14.0. The first-order chi connectivity index (χ1) is 15.8. The number of nitrogens with zero attached hydrogens (tertiary/aromatic N) is 1. The smallest absolute Gasteiger partial charge is 0.265 e. The van der Waals surface area contributed by atoms with Crippen molar-refractivity contribution in [2.24, 2.45) is 7.05 Å². The first-order valence-corrected chi connectivity index (χ1v) is 12.2. The number of hydrogen-bond donors (Lipinski definition) is 2. The van der Waals surface area contributed by atoms with Crippen LogP contribution in [0.3, 0.4) is 0 Å². The Morgan fingerprint density at radius 2 is 1.70 bits per heavy atom. The van der Waals surface area contributed by atoms with Crippen molar-refractivity contribution in [1.29, 1.82) is 0 Å². The molecule has 2 N–H and O–H groups in total. The summed E-state index contributed by atoms with van der Waals surface area (Å²) in [5.74, 6) is -1.99. The van der Waals surface area contributed by atoms with E-state index in [1.165, 1.54) is 0 Å². The molecular weight excluding hydrogens is 464 g/mol. The monoisotopic (exact) mass is 482 g/mol. The summed E-state index contributed by atoms with van der Waals surface area (Å²) < 4.78 is 56.7. The molecule has 0 saturated carbocycles. The number of thiophene rings is 1. The average molecular weight is 483 g/mol. The number of nitrogens with one attached hydrogen (secondary N) is 2. The number of pyridine rings is 1. The van der Waals surface area contributed by atoms with Crippen LogP contribution in [0.25, 0.3) is 31.8 Å². The van der Waals surface area contributed by atoms with E-state index in [0.717, 1.165) is 43.9 Å². The van der Waals surface area contributed by atoms with Crippen LogP contribution >= 0.6 is 11.3 Å². The lowest BCUT2D eigenvalue weighted by Gasteiger charge is -2.09. The van der Waals surface area contributed by atoms with E-state index in [4.69, 9.17) is 0 Å². The molecule has 0 atom stereocenters. The van der Waals surface area contributed by atoms with Gasteiger partial charge in [-0.25, -0.2) is 21.8 Å². The summed E-state index contributed by atoms with van der Waals surface area (Å²) in [6, 6.07) is 16.3. The van der Waals surface area contributed by atoms with E-state index in [-0.39, 0.29) is 5.69 Å². The molecule has 0 aliphatic carbocycles. The number of H-pyrrole nitrogens is 1. The van der Waals surface area contributed by atoms with Crippen molar-refractivity contribution in [3.63, 3.8) is 0 Å². The topological polar surface area (TPSA) is 65.8 Å². The van der Waals surface area contributed by atoms with Crippen LogP contribution in [0.5, 0.6) is 0 Å². The molecule has 9 heteroatoms. The quantitative estimate of drug-likeness (QED) is 0.327. The lowest BCUT2D eigenvalue weighted by molar-refractivity contribution is -0.670. The predicted molar refractivity (Wildman–Crippen MR) is 125 cm³/mol. The molecule has 5 aromatic rings. The Bertz CT molecular complexity index is 1610. The molecule has 3 aromatic heterocycles. The molecule has 0 amide bonds. The van der Waals surface area contributed by atoms with Gasteiger partial charge in [0.05, 0.1) is 5.56 Å². The fraction of sp³-hybridized carbons (Fsp3) is 0.0417. The van der Waals surface area contributed by atoms with Crippen LogP contribution in [0, 0.1) is 11.6 Å². The Morgan fingerprint density at radius 3 is 2.48 bits per heavy atom. The standard InChI is InChI=1S/C24H18F2N3O2S2/c1-29-13-17(11-19(14-29)28-33(30,31)24-7-3-18(25)12-20(24)26)23-6-5-22(32-23)16-2-4-21-15(10-16)8-9-27-21/h2-14,27-28H,1H3/q+1. The summed E-state index contributed by atoms with van der Waals surface area (Å²) in [7, 11) is -2.46. The highest BCUT2D eigenvalue weighted by atomic mass is 32.2. The van der Waals surface area contributed by atoms with Crippen molar-refractivity contribution in [2.45, 2.75) is 4.90 Å². The van der Waals surface area contributed by atoms with Crippen LogP contribution in [-0.2, 0) is 17.1 Å². The fourth-order valence-electron chi connectivity index (χ4n) is 3.67. The van der Waals surface area contributed by atoms with E-state index >= 15 is 0 Å². The van der Waals surface area contributed by atoms with E-state index in [0.29, 0.717) is 6.07 Å². The third-order valence-electron chi connectivity index (χ3n) is 5.16. The van der Waals surface area contributed by atoms with Gasteiger partial charge in [-0.2, -0.15) is 0 Å². The van der Waals surface area contributed by atoms with Crippen molar-refractivity contribution in [1.82, 2.24) is 4.98 Å². The number of anilines is 1. The number of fused-ring (bicyclic) bond motifs is 1. The molecule has 0 bridgehead atoms. The van der Waals surface area contributed by atoms with E-state index in [9.17, 15) is 17.2 Å². The molecule has 0 aliphatic rings. The fourth-order valence-corrected chi connectivity index (χ4v) is 5.74. The zero-order valence-corrected chi connectivity index (χ0v) is 19.0. The number of aromatic amines is 1. The molecular formula is C24H18F2N3O2S2+. The summed E-state index contributed by atoms with van der Waals surface area (Å²) in [6.07, 6.45) is 5.36. The number of sulfonamides is 1. The Kier molecular flexibility index (Phi) is 5.22. The van der Waals surface area contributed by atoms with Crippen LogP contribution in [0.4, 0.5) is 14.5 Å². The van der Waals surface area contributed by atoms with Crippen molar-refractivity contribution in [3.8, 4) is 20.9 Å². The first kappa shape index (κ1) is 21.3. The lowest BCUT2D eigenvalue weighted by Crippen LogP contribution is -2.28. The van der Waals surface area contributed by atoms with Crippen molar-refractivity contribution < 1.29 is 21.8 Å². The number of aryl methyl sites for hydroxylation is 1. The van der Waals surface area contributed by atoms with E-state index in [2.05, 4.69) is 21.8 Å². The van der Waals surface area contributed by atoms with Gasteiger partial charge in [0.15, 0.2) is 12.4 Å². The Balaban J connectivity index is 1.47. The van der Waals surface area contributed by atoms with Crippen LogP contribution < -0.4 is 9.29 Å². The zero-order valence-electron chi connectivity index (χ0n) is 17.3. The van der Waals surface area contributed by atoms with E-state index in [1.54, 1.807) is 35.2 Å². The minimum Gasteiger partial charge on any atom is -0.361 e. The molecule has 166 valence electrons. The second-order valence-corrected chi connectivity index (χ2v) is 10.3. The van der Waals surface area contributed by atoms with Crippen molar-refractivity contribution in [2.75, 3.05) is 4.72 Å². The third-order valence-corrected chi connectivity index (χ3v) is 7.76. The van der Waals surface area contributed by atoms with Gasteiger partial charge in [-0.05, 0) is 59.5 Å². The minimum absolute atomic E-state index is 0.266. The van der Waals surface area contributed by atoms with E-state index < -0.39 is 26.6 Å². The van der Waals surface area contributed by atoms with Crippen molar-refractivity contribution >= 4 is 38.0 Å². The molecule has 2 aromatic carbocycles. The summed E-state index contributed by atoms with van der Waals surface area (Å²) in [6.45, 7) is 0. The maximum absolute atomic E-state index is 14.0. The summed E-state index contributed by atoms with van der Waals surface area (Å²) >= 11 is 1.58. The van der Waals surface area contributed by atoms with Gasteiger partial charge in [-0.1, -0.05) is 6.07 Å². The molecule has 0 saturated heterocycles. The number of halogens is 2. The SMILES string of the molecule is C[n+]1cc(NS(=O)(=O)c2ccc(F)cc2F)cc(-c2ccc(-c3ccc4[nH]ccc4c3)s2)c1. The third kappa shape index (κ3) is 4.24. The van der Waals surface area contributed by atoms with Gasteiger partial charge in [0.2, 0.25) is 0 Å². The first-order valence-electron chi connectivity index (χ1n) is 9.94. The predicted octanol–water partition coefficient (Wildman–Crippen LogP) is 5.47. The highest BCUT2D eigenvalue weighted by molar-refractivity contribution is 7.92. The van der Waals surface area contributed by atoms with Gasteiger partial charge in [-0.15, -0.1) is 11.3 Å². The molecule has 0 fully saturated rings. The van der Waals surface area contributed by atoms with Gasteiger partial charge < -0.3 is 4.98 Å². The normalized spacial score (nSPS) is 11.7. The molecule has 33 heavy (non-hydrogen) atoms. The maximum Gasteiger partial charge on any atom is 0.265 e. The van der Waals surface area contributed by atoms with Gasteiger partial charge in [0, 0.05) is 27.5 Å². The Labute approximate surface area is 193 Å². The number of benzene rings is 2. The summed E-state index contributed by atoms with van der Waals surface area (Å²) in [4.78, 5) is 4.59. The average Bonchev–Trinajstić information content (AvgIpc) is 3.42. The van der Waals surface area contributed by atoms with Crippen molar-refractivity contribution in [3.05, 3.63) is 90.9 Å². The van der Waals surface area contributed by atoms with Gasteiger partial charge in [-0.3, -0.25) is 4.72 Å². The molecule has 0 unspecified atom stereocenters. The Hall–Kier alpha value is -3.56. The molecule has 0 aliphatic heterocycles. The molecule has 5 rings (SSSR count). The van der Waals surface area contributed by atoms with Gasteiger partial charge >= 0.3 is 0 Å². The van der Waals surface area contributed by atoms with Gasteiger partial charge in [0.1, 0.15) is 29.3 Å². The molecule has 5 nitrogen and oxygen atoms in total. The van der Waals surface area contributed by atoms with Crippen LogP contribution in [0.2, 0.25) is 0 Å². The summed E-state index contributed by atoms with van der Waals surface area (Å²) in [5, 5.41) is 1.12. The largest absolute Gasteiger partial charge is 0.361 e. The second-order valence-electron chi connectivity index (χ2n) is 7.60. The minimum atomic E-state index is -4.23. The van der Waals surface area contributed by atoms with Gasteiger partial charge in [0.25, 0.3) is 10.0 Å². The molecule has 0 spiro atoms. The zero-order chi connectivity index (χ0) is 23.2. The Morgan fingerprint density at radius 1 is 0.909 bits per heavy atom. The lowest BCUT2D eigenvalue weighted by atomic mass is 10.1. The number of aromatic nitrogens is 2. The second kappa shape index (κ2) is 8.09. The van der Waals surface area contributed by atoms with Crippen LogP contribution in [-0.4, -0.2) is 13.4 Å². The molecule has 0 radical (unpaired) electrons. The summed E-state index contributed by atoms with van der Waals surface area (Å²) in [5.41, 5.74) is 3.23. The van der Waals surface area contributed by atoms with Crippen LogP contribution in [0.1, 0.15) is 0 Å². The number of hydrogen-bond acceptors (Lipinski definition) is 3.